The van der Waals surface area contributed by atoms with Gasteiger partial charge >= 0.3 is 0 Å². The van der Waals surface area contributed by atoms with Gasteiger partial charge in [-0.2, -0.15) is 10.2 Å². The molecule has 0 spiro atoms. The lowest BCUT2D eigenvalue weighted by Gasteiger charge is -2.02. The average Bonchev–Trinajstić information content (AvgIpc) is 2.85. The summed E-state index contributed by atoms with van der Waals surface area (Å²) in [5.41, 5.74) is 2.85. The lowest BCUT2D eigenvalue weighted by Crippen LogP contribution is -2.18. The Balaban J connectivity index is 2.01. The van der Waals surface area contributed by atoms with E-state index in [1.807, 2.05) is 13.1 Å². The monoisotopic (exact) mass is 261 g/mol. The number of nitrogens with one attached hydrogen (secondary N) is 1. The van der Waals surface area contributed by atoms with Crippen molar-refractivity contribution in [3.8, 4) is 0 Å². The van der Waals surface area contributed by atoms with Crippen molar-refractivity contribution in [2.75, 3.05) is 5.32 Å². The van der Waals surface area contributed by atoms with Gasteiger partial charge in [-0.05, 0) is 18.4 Å². The van der Waals surface area contributed by atoms with Gasteiger partial charge in [-0.15, -0.1) is 0 Å². The second kappa shape index (κ2) is 5.26. The first-order valence-electron chi connectivity index (χ1n) is 6.28. The third-order valence-electron chi connectivity index (χ3n) is 2.90. The van der Waals surface area contributed by atoms with Gasteiger partial charge in [-0.1, -0.05) is 13.8 Å². The standard InChI is InChI=1S/C13H19N5O/c1-9(2)12-7-18(16-10(12)3)8-13(19)15-11-5-14-17(4)6-11/h5-7,9H,8H2,1-4H3,(H,15,19). The van der Waals surface area contributed by atoms with Gasteiger partial charge in [0.1, 0.15) is 6.54 Å². The molecule has 2 aromatic heterocycles. The maximum atomic E-state index is 11.9. The molecule has 1 N–H and O–H groups in total. The minimum atomic E-state index is -0.106. The van der Waals surface area contributed by atoms with Crippen LogP contribution in [-0.2, 0) is 18.4 Å². The summed E-state index contributed by atoms with van der Waals surface area (Å²) in [5.74, 6) is 0.306. The van der Waals surface area contributed by atoms with Gasteiger partial charge < -0.3 is 5.32 Å². The highest BCUT2D eigenvalue weighted by molar-refractivity contribution is 5.90. The number of aromatic nitrogens is 4. The van der Waals surface area contributed by atoms with E-state index in [2.05, 4.69) is 29.4 Å². The molecule has 0 aliphatic rings. The third kappa shape index (κ3) is 3.21. The highest BCUT2D eigenvalue weighted by atomic mass is 16.2. The molecule has 102 valence electrons. The summed E-state index contributed by atoms with van der Waals surface area (Å²) in [6.07, 6.45) is 5.31. The van der Waals surface area contributed by atoms with Crippen molar-refractivity contribution in [2.24, 2.45) is 7.05 Å². The quantitative estimate of drug-likeness (QED) is 0.910. The molecule has 6 heteroatoms. The lowest BCUT2D eigenvalue weighted by molar-refractivity contribution is -0.116. The van der Waals surface area contributed by atoms with E-state index in [-0.39, 0.29) is 12.5 Å². The van der Waals surface area contributed by atoms with Crippen LogP contribution in [-0.4, -0.2) is 25.5 Å². The topological polar surface area (TPSA) is 64.7 Å². The second-order valence-corrected chi connectivity index (χ2v) is 4.97. The van der Waals surface area contributed by atoms with E-state index in [4.69, 9.17) is 0 Å². The fraction of sp³-hybridized carbons (Fsp3) is 0.462. The number of hydrogen-bond acceptors (Lipinski definition) is 3. The Morgan fingerprint density at radius 2 is 2.16 bits per heavy atom. The highest BCUT2D eigenvalue weighted by Gasteiger charge is 2.11. The van der Waals surface area contributed by atoms with Crippen molar-refractivity contribution in [2.45, 2.75) is 33.2 Å². The first-order chi connectivity index (χ1) is 8.95. The number of rotatable bonds is 4. The van der Waals surface area contributed by atoms with E-state index in [1.165, 1.54) is 5.56 Å². The SMILES string of the molecule is Cc1nn(CC(=O)Nc2cnn(C)c2)cc1C(C)C. The van der Waals surface area contributed by atoms with Crippen LogP contribution in [0.15, 0.2) is 18.6 Å². The molecule has 0 bridgehead atoms. The number of aryl methyl sites for hydroxylation is 2. The summed E-state index contributed by atoms with van der Waals surface area (Å²) in [4.78, 5) is 11.9. The smallest absolute Gasteiger partial charge is 0.246 e. The van der Waals surface area contributed by atoms with Crippen LogP contribution in [0.3, 0.4) is 0 Å². The fourth-order valence-corrected chi connectivity index (χ4v) is 2.01. The Kier molecular flexibility index (Phi) is 3.69. The lowest BCUT2D eigenvalue weighted by atomic mass is 10.1. The molecular formula is C13H19N5O. The van der Waals surface area contributed by atoms with Crippen LogP contribution in [0.25, 0.3) is 0 Å². The molecule has 19 heavy (non-hydrogen) atoms. The minimum absolute atomic E-state index is 0.106. The van der Waals surface area contributed by atoms with Crippen LogP contribution in [0, 0.1) is 6.92 Å². The summed E-state index contributed by atoms with van der Waals surface area (Å²) in [6.45, 7) is 6.40. The van der Waals surface area contributed by atoms with Crippen LogP contribution in [0.5, 0.6) is 0 Å². The Morgan fingerprint density at radius 3 is 2.68 bits per heavy atom. The van der Waals surface area contributed by atoms with Crippen molar-refractivity contribution in [1.29, 1.82) is 0 Å². The van der Waals surface area contributed by atoms with E-state index in [0.717, 1.165) is 5.69 Å². The highest BCUT2D eigenvalue weighted by Crippen LogP contribution is 2.17. The molecule has 2 rings (SSSR count). The van der Waals surface area contributed by atoms with Crippen molar-refractivity contribution in [3.05, 3.63) is 29.8 Å². The molecule has 1 amide bonds. The van der Waals surface area contributed by atoms with E-state index in [9.17, 15) is 4.79 Å². The summed E-state index contributed by atoms with van der Waals surface area (Å²) >= 11 is 0. The molecule has 2 heterocycles. The maximum absolute atomic E-state index is 11.9. The van der Waals surface area contributed by atoms with Gasteiger partial charge in [-0.3, -0.25) is 14.2 Å². The minimum Gasteiger partial charge on any atom is -0.322 e. The van der Waals surface area contributed by atoms with Crippen molar-refractivity contribution in [3.63, 3.8) is 0 Å². The van der Waals surface area contributed by atoms with Gasteiger partial charge in [0.15, 0.2) is 0 Å². The molecule has 2 aromatic rings. The molecular weight excluding hydrogens is 242 g/mol. The molecule has 0 saturated heterocycles. The molecule has 6 nitrogen and oxygen atoms in total. The number of carbonyl (C=O) groups excluding carboxylic acids is 1. The Morgan fingerprint density at radius 1 is 1.42 bits per heavy atom. The normalized spacial score (nSPS) is 11.0. The van der Waals surface area contributed by atoms with Crippen LogP contribution >= 0.6 is 0 Å². The zero-order chi connectivity index (χ0) is 14.0. The fourth-order valence-electron chi connectivity index (χ4n) is 2.01. The Labute approximate surface area is 112 Å². The first-order valence-corrected chi connectivity index (χ1v) is 6.28. The predicted octanol–water partition coefficient (Wildman–Crippen LogP) is 1.69. The third-order valence-corrected chi connectivity index (χ3v) is 2.90. The largest absolute Gasteiger partial charge is 0.322 e. The van der Waals surface area contributed by atoms with E-state index < -0.39 is 0 Å². The molecule has 0 atom stereocenters. The number of hydrogen-bond donors (Lipinski definition) is 1. The number of nitrogens with zero attached hydrogens (tertiary/aromatic N) is 4. The number of amides is 1. The zero-order valence-corrected chi connectivity index (χ0v) is 11.7. The van der Waals surface area contributed by atoms with E-state index in [0.29, 0.717) is 11.6 Å². The summed E-state index contributed by atoms with van der Waals surface area (Å²) in [6, 6.07) is 0. The van der Waals surface area contributed by atoms with Crippen LogP contribution in [0.2, 0.25) is 0 Å². The molecule has 0 fully saturated rings. The van der Waals surface area contributed by atoms with Crippen molar-refractivity contribution >= 4 is 11.6 Å². The average molecular weight is 261 g/mol. The number of anilines is 1. The Hall–Kier alpha value is -2.11. The van der Waals surface area contributed by atoms with Gasteiger partial charge in [0, 0.05) is 19.4 Å². The Bertz CT molecular complexity index is 582. The van der Waals surface area contributed by atoms with Gasteiger partial charge in [0.25, 0.3) is 0 Å². The van der Waals surface area contributed by atoms with Crippen molar-refractivity contribution < 1.29 is 4.79 Å². The van der Waals surface area contributed by atoms with E-state index >= 15 is 0 Å². The summed E-state index contributed by atoms with van der Waals surface area (Å²) in [7, 11) is 1.81. The maximum Gasteiger partial charge on any atom is 0.246 e. The molecule has 0 aliphatic heterocycles. The first kappa shape index (κ1) is 13.3. The van der Waals surface area contributed by atoms with Crippen molar-refractivity contribution in [1.82, 2.24) is 19.6 Å². The van der Waals surface area contributed by atoms with Gasteiger partial charge in [0.05, 0.1) is 17.6 Å². The molecule has 0 aliphatic carbocycles. The molecule has 0 unspecified atom stereocenters. The molecule has 0 radical (unpaired) electrons. The van der Waals surface area contributed by atoms with Crippen LogP contribution < -0.4 is 5.32 Å². The van der Waals surface area contributed by atoms with Crippen LogP contribution in [0.1, 0.15) is 31.0 Å². The summed E-state index contributed by atoms with van der Waals surface area (Å²) in [5, 5.41) is 11.1. The molecule has 0 aromatic carbocycles. The number of carbonyl (C=O) groups is 1. The predicted molar refractivity (Wildman–Crippen MR) is 72.9 cm³/mol. The second-order valence-electron chi connectivity index (χ2n) is 4.97. The zero-order valence-electron chi connectivity index (χ0n) is 11.7. The van der Waals surface area contributed by atoms with E-state index in [1.54, 1.807) is 28.8 Å². The molecule has 0 saturated carbocycles. The van der Waals surface area contributed by atoms with Gasteiger partial charge in [-0.25, -0.2) is 0 Å². The van der Waals surface area contributed by atoms with Gasteiger partial charge in [0.2, 0.25) is 5.91 Å². The summed E-state index contributed by atoms with van der Waals surface area (Å²) < 4.78 is 3.32. The van der Waals surface area contributed by atoms with Crippen LogP contribution in [0.4, 0.5) is 5.69 Å².